The smallest absolute Gasteiger partial charge is 0.309 e. The molecule has 1 aliphatic carbocycles. The molecule has 0 spiro atoms. The average molecular weight is 205 g/mol. The van der Waals surface area contributed by atoms with Gasteiger partial charge in [0.25, 0.3) is 0 Å². The molecule has 2 rings (SSSR count). The first-order valence-electron chi connectivity index (χ1n) is 5.22. The van der Waals surface area contributed by atoms with Gasteiger partial charge in [-0.3, -0.25) is 4.79 Å². The van der Waals surface area contributed by atoms with Crippen molar-refractivity contribution in [3.8, 4) is 0 Å². The van der Waals surface area contributed by atoms with E-state index in [1.807, 2.05) is 30.3 Å². The van der Waals surface area contributed by atoms with E-state index in [4.69, 9.17) is 10.5 Å². The molecule has 1 aliphatic rings. The van der Waals surface area contributed by atoms with Gasteiger partial charge in [0.05, 0.1) is 5.92 Å². The molecule has 80 valence electrons. The molecule has 0 heterocycles. The fraction of sp³-hybridized carbons (Fsp3) is 0.417. The van der Waals surface area contributed by atoms with Gasteiger partial charge < -0.3 is 10.5 Å². The summed E-state index contributed by atoms with van der Waals surface area (Å²) in [7, 11) is 0. The number of carbonyl (C=O) groups is 1. The number of hydrogen-bond donors (Lipinski definition) is 1. The Hall–Kier alpha value is -1.35. The van der Waals surface area contributed by atoms with Gasteiger partial charge in [0, 0.05) is 6.04 Å². The van der Waals surface area contributed by atoms with Crippen LogP contribution in [0.5, 0.6) is 0 Å². The predicted octanol–water partition coefficient (Wildman–Crippen LogP) is 1.47. The highest BCUT2D eigenvalue weighted by atomic mass is 16.5. The molecule has 1 saturated carbocycles. The Balaban J connectivity index is 1.76. The molecule has 0 aromatic heterocycles. The van der Waals surface area contributed by atoms with Gasteiger partial charge in [-0.05, 0) is 18.4 Å². The molecule has 1 aromatic carbocycles. The Kier molecular flexibility index (Phi) is 3.02. The van der Waals surface area contributed by atoms with Crippen LogP contribution >= 0.6 is 0 Å². The molecule has 3 nitrogen and oxygen atoms in total. The van der Waals surface area contributed by atoms with Crippen LogP contribution in [0, 0.1) is 5.92 Å². The van der Waals surface area contributed by atoms with Crippen LogP contribution in [0.2, 0.25) is 0 Å². The minimum absolute atomic E-state index is 0.0312. The lowest BCUT2D eigenvalue weighted by atomic mass is 9.81. The molecule has 1 fully saturated rings. The molecular weight excluding hydrogens is 190 g/mol. The summed E-state index contributed by atoms with van der Waals surface area (Å²) in [5.41, 5.74) is 6.63. The van der Waals surface area contributed by atoms with Gasteiger partial charge in [-0.1, -0.05) is 30.3 Å². The first-order chi connectivity index (χ1) is 7.25. The van der Waals surface area contributed by atoms with Gasteiger partial charge in [0.1, 0.15) is 6.61 Å². The summed E-state index contributed by atoms with van der Waals surface area (Å²) < 4.78 is 5.19. The lowest BCUT2D eigenvalue weighted by molar-refractivity contribution is -0.153. The van der Waals surface area contributed by atoms with Crippen molar-refractivity contribution >= 4 is 5.97 Å². The Bertz CT molecular complexity index is 331. The largest absolute Gasteiger partial charge is 0.461 e. The first-order valence-corrected chi connectivity index (χ1v) is 5.22. The average Bonchev–Trinajstić information content (AvgIpc) is 2.23. The monoisotopic (exact) mass is 205 g/mol. The van der Waals surface area contributed by atoms with E-state index in [0.717, 1.165) is 18.4 Å². The van der Waals surface area contributed by atoms with E-state index in [9.17, 15) is 4.79 Å². The Morgan fingerprint density at radius 1 is 1.33 bits per heavy atom. The minimum Gasteiger partial charge on any atom is -0.461 e. The second-order valence-corrected chi connectivity index (χ2v) is 4.02. The van der Waals surface area contributed by atoms with Crippen molar-refractivity contribution in [3.63, 3.8) is 0 Å². The summed E-state index contributed by atoms with van der Waals surface area (Å²) in [5.74, 6) is -0.0794. The third-order valence-electron chi connectivity index (χ3n) is 2.73. The van der Waals surface area contributed by atoms with E-state index in [-0.39, 0.29) is 17.9 Å². The molecular formula is C12H15NO2. The third-order valence-corrected chi connectivity index (χ3v) is 2.73. The zero-order chi connectivity index (χ0) is 10.7. The molecule has 0 aliphatic heterocycles. The molecule has 0 amide bonds. The first kappa shape index (κ1) is 10.2. The summed E-state index contributed by atoms with van der Waals surface area (Å²) in [6.07, 6.45) is 1.54. The maximum atomic E-state index is 11.5. The van der Waals surface area contributed by atoms with Gasteiger partial charge >= 0.3 is 5.97 Å². The van der Waals surface area contributed by atoms with E-state index in [2.05, 4.69) is 0 Å². The summed E-state index contributed by atoms with van der Waals surface area (Å²) in [6, 6.07) is 9.89. The SMILES string of the molecule is NC1CC(C(=O)OCc2ccccc2)C1. The second kappa shape index (κ2) is 4.45. The Morgan fingerprint density at radius 3 is 2.60 bits per heavy atom. The highest BCUT2D eigenvalue weighted by Crippen LogP contribution is 2.26. The van der Waals surface area contributed by atoms with Crippen molar-refractivity contribution in [1.82, 2.24) is 0 Å². The molecule has 0 bridgehead atoms. The van der Waals surface area contributed by atoms with Crippen LogP contribution in [-0.2, 0) is 16.1 Å². The van der Waals surface area contributed by atoms with E-state index in [0.29, 0.717) is 6.61 Å². The van der Waals surface area contributed by atoms with Crippen LogP contribution in [0.1, 0.15) is 18.4 Å². The molecule has 15 heavy (non-hydrogen) atoms. The lowest BCUT2D eigenvalue weighted by Gasteiger charge is -2.30. The number of esters is 1. The predicted molar refractivity (Wildman–Crippen MR) is 56.9 cm³/mol. The quantitative estimate of drug-likeness (QED) is 0.760. The number of carbonyl (C=O) groups excluding carboxylic acids is 1. The number of nitrogens with two attached hydrogens (primary N) is 1. The maximum absolute atomic E-state index is 11.5. The van der Waals surface area contributed by atoms with Crippen LogP contribution < -0.4 is 5.73 Å². The highest BCUT2D eigenvalue weighted by Gasteiger charge is 2.33. The lowest BCUT2D eigenvalue weighted by Crippen LogP contribution is -2.41. The van der Waals surface area contributed by atoms with Gasteiger partial charge in [0.15, 0.2) is 0 Å². The van der Waals surface area contributed by atoms with Gasteiger partial charge in [-0.25, -0.2) is 0 Å². The summed E-state index contributed by atoms with van der Waals surface area (Å²) >= 11 is 0. The standard InChI is InChI=1S/C12H15NO2/c13-11-6-10(7-11)12(14)15-8-9-4-2-1-3-5-9/h1-5,10-11H,6-8,13H2. The van der Waals surface area contributed by atoms with Crippen LogP contribution in [0.4, 0.5) is 0 Å². The van der Waals surface area contributed by atoms with E-state index >= 15 is 0 Å². The number of ether oxygens (including phenoxy) is 1. The topological polar surface area (TPSA) is 52.3 Å². The fourth-order valence-electron chi connectivity index (χ4n) is 1.70. The number of hydrogen-bond acceptors (Lipinski definition) is 3. The van der Waals surface area contributed by atoms with Gasteiger partial charge in [-0.2, -0.15) is 0 Å². The maximum Gasteiger partial charge on any atom is 0.309 e. The molecule has 2 N–H and O–H groups in total. The van der Waals surface area contributed by atoms with E-state index in [1.54, 1.807) is 0 Å². The summed E-state index contributed by atoms with van der Waals surface area (Å²) in [5, 5.41) is 0. The van der Waals surface area contributed by atoms with E-state index < -0.39 is 0 Å². The molecule has 0 unspecified atom stereocenters. The van der Waals surface area contributed by atoms with Crippen molar-refractivity contribution in [2.45, 2.75) is 25.5 Å². The van der Waals surface area contributed by atoms with Gasteiger partial charge in [-0.15, -0.1) is 0 Å². The normalized spacial score (nSPS) is 24.3. The van der Waals surface area contributed by atoms with Crippen LogP contribution in [0.15, 0.2) is 30.3 Å². The molecule has 0 atom stereocenters. The third kappa shape index (κ3) is 2.57. The minimum atomic E-state index is -0.111. The molecule has 0 radical (unpaired) electrons. The van der Waals surface area contributed by atoms with Gasteiger partial charge in [0.2, 0.25) is 0 Å². The van der Waals surface area contributed by atoms with Crippen LogP contribution in [-0.4, -0.2) is 12.0 Å². The number of benzene rings is 1. The van der Waals surface area contributed by atoms with Crippen LogP contribution in [0.25, 0.3) is 0 Å². The zero-order valence-corrected chi connectivity index (χ0v) is 8.56. The Labute approximate surface area is 89.2 Å². The number of rotatable bonds is 3. The highest BCUT2D eigenvalue weighted by molar-refractivity contribution is 5.73. The van der Waals surface area contributed by atoms with E-state index in [1.165, 1.54) is 0 Å². The molecule has 0 saturated heterocycles. The van der Waals surface area contributed by atoms with Crippen molar-refractivity contribution in [2.24, 2.45) is 11.7 Å². The Morgan fingerprint density at radius 2 is 2.00 bits per heavy atom. The van der Waals surface area contributed by atoms with Crippen molar-refractivity contribution in [3.05, 3.63) is 35.9 Å². The zero-order valence-electron chi connectivity index (χ0n) is 8.56. The molecule has 3 heteroatoms. The van der Waals surface area contributed by atoms with Crippen molar-refractivity contribution in [1.29, 1.82) is 0 Å². The second-order valence-electron chi connectivity index (χ2n) is 4.02. The fourth-order valence-corrected chi connectivity index (χ4v) is 1.70. The molecule has 1 aromatic rings. The van der Waals surface area contributed by atoms with Crippen molar-refractivity contribution in [2.75, 3.05) is 0 Å². The van der Waals surface area contributed by atoms with Crippen molar-refractivity contribution < 1.29 is 9.53 Å². The summed E-state index contributed by atoms with van der Waals surface area (Å²) in [6.45, 7) is 0.366. The van der Waals surface area contributed by atoms with Crippen LogP contribution in [0.3, 0.4) is 0 Å². The summed E-state index contributed by atoms with van der Waals surface area (Å²) in [4.78, 5) is 11.5.